The summed E-state index contributed by atoms with van der Waals surface area (Å²) < 4.78 is 0. The molecule has 1 unspecified atom stereocenters. The lowest BCUT2D eigenvalue weighted by atomic mass is 10.0. The molecule has 1 aromatic heterocycles. The quantitative estimate of drug-likeness (QED) is 0.787. The SMILES string of the molecule is CC(=O)C(NC(=O)CSc1cnccn1)C(C)C. The number of hydrogen-bond acceptors (Lipinski definition) is 5. The van der Waals surface area contributed by atoms with E-state index in [0.29, 0.717) is 5.03 Å². The molecule has 1 heterocycles. The third kappa shape index (κ3) is 4.83. The van der Waals surface area contributed by atoms with Crippen molar-refractivity contribution in [2.45, 2.75) is 31.8 Å². The summed E-state index contributed by atoms with van der Waals surface area (Å²) in [5.74, 6) is 0.130. The monoisotopic (exact) mass is 267 g/mol. The Morgan fingerprint density at radius 1 is 1.39 bits per heavy atom. The van der Waals surface area contributed by atoms with Gasteiger partial charge in [0, 0.05) is 12.4 Å². The van der Waals surface area contributed by atoms with E-state index in [0.717, 1.165) is 0 Å². The second-order valence-electron chi connectivity index (χ2n) is 4.23. The normalized spacial score (nSPS) is 12.2. The number of aromatic nitrogens is 2. The number of thioether (sulfide) groups is 1. The third-order valence-corrected chi connectivity index (χ3v) is 3.22. The first kappa shape index (κ1) is 14.6. The predicted octanol–water partition coefficient (Wildman–Crippen LogP) is 1.30. The Morgan fingerprint density at radius 3 is 2.61 bits per heavy atom. The second-order valence-corrected chi connectivity index (χ2v) is 5.23. The van der Waals surface area contributed by atoms with Crippen LogP contribution >= 0.6 is 11.8 Å². The predicted molar refractivity (Wildman–Crippen MR) is 70.2 cm³/mol. The number of rotatable bonds is 6. The average molecular weight is 267 g/mol. The van der Waals surface area contributed by atoms with E-state index in [1.165, 1.54) is 18.7 Å². The summed E-state index contributed by atoms with van der Waals surface area (Å²) in [4.78, 5) is 31.0. The molecule has 1 atom stereocenters. The highest BCUT2D eigenvalue weighted by molar-refractivity contribution is 7.99. The van der Waals surface area contributed by atoms with Crippen LogP contribution in [0.2, 0.25) is 0 Å². The second kappa shape index (κ2) is 7.10. The molecule has 1 rings (SSSR count). The Balaban J connectivity index is 2.44. The van der Waals surface area contributed by atoms with Crippen molar-refractivity contribution in [2.24, 2.45) is 5.92 Å². The average Bonchev–Trinajstić information content (AvgIpc) is 2.34. The third-order valence-electron chi connectivity index (χ3n) is 2.31. The van der Waals surface area contributed by atoms with E-state index in [1.807, 2.05) is 13.8 Å². The summed E-state index contributed by atoms with van der Waals surface area (Å²) in [6.07, 6.45) is 4.75. The van der Waals surface area contributed by atoms with Gasteiger partial charge in [0.25, 0.3) is 0 Å². The van der Waals surface area contributed by atoms with E-state index in [1.54, 1.807) is 18.6 Å². The highest BCUT2D eigenvalue weighted by Crippen LogP contribution is 2.12. The molecule has 0 spiro atoms. The van der Waals surface area contributed by atoms with Gasteiger partial charge in [0.1, 0.15) is 5.03 Å². The molecule has 1 amide bonds. The van der Waals surface area contributed by atoms with Crippen LogP contribution < -0.4 is 5.32 Å². The van der Waals surface area contributed by atoms with Crippen LogP contribution in [0.4, 0.5) is 0 Å². The van der Waals surface area contributed by atoms with Crippen molar-refractivity contribution < 1.29 is 9.59 Å². The molecule has 1 aromatic rings. The van der Waals surface area contributed by atoms with Crippen LogP contribution in [0.5, 0.6) is 0 Å². The molecule has 18 heavy (non-hydrogen) atoms. The number of Topliss-reactive ketones (excluding diaryl/α,β-unsaturated/α-hetero) is 1. The topological polar surface area (TPSA) is 72.0 Å². The van der Waals surface area contributed by atoms with E-state index in [-0.39, 0.29) is 23.4 Å². The molecule has 0 radical (unpaired) electrons. The first-order chi connectivity index (χ1) is 8.50. The van der Waals surface area contributed by atoms with Crippen LogP contribution in [0.15, 0.2) is 23.6 Å². The Hall–Kier alpha value is -1.43. The van der Waals surface area contributed by atoms with Gasteiger partial charge in [-0.2, -0.15) is 0 Å². The maximum atomic E-state index is 11.7. The first-order valence-electron chi connectivity index (χ1n) is 5.69. The van der Waals surface area contributed by atoms with Gasteiger partial charge in [0.05, 0.1) is 18.0 Å². The summed E-state index contributed by atoms with van der Waals surface area (Å²) in [6, 6.07) is -0.417. The fraction of sp³-hybridized carbons (Fsp3) is 0.500. The number of carbonyl (C=O) groups is 2. The van der Waals surface area contributed by atoms with E-state index in [2.05, 4.69) is 15.3 Å². The van der Waals surface area contributed by atoms with Crippen molar-refractivity contribution in [3.8, 4) is 0 Å². The number of amides is 1. The fourth-order valence-corrected chi connectivity index (χ4v) is 2.09. The Morgan fingerprint density at radius 2 is 2.11 bits per heavy atom. The zero-order valence-electron chi connectivity index (χ0n) is 10.7. The molecule has 0 saturated heterocycles. The van der Waals surface area contributed by atoms with Crippen molar-refractivity contribution in [1.82, 2.24) is 15.3 Å². The van der Waals surface area contributed by atoms with Gasteiger partial charge in [-0.05, 0) is 12.8 Å². The zero-order valence-corrected chi connectivity index (χ0v) is 11.5. The molecule has 6 heteroatoms. The van der Waals surface area contributed by atoms with Crippen LogP contribution in [0.1, 0.15) is 20.8 Å². The van der Waals surface area contributed by atoms with Crippen LogP contribution in [0, 0.1) is 5.92 Å². The lowest BCUT2D eigenvalue weighted by Gasteiger charge is -2.19. The molecular weight excluding hydrogens is 250 g/mol. The molecule has 98 valence electrons. The van der Waals surface area contributed by atoms with E-state index < -0.39 is 6.04 Å². The minimum absolute atomic E-state index is 0.0251. The minimum atomic E-state index is -0.417. The fourth-order valence-electron chi connectivity index (χ4n) is 1.45. The Kier molecular flexibility index (Phi) is 5.77. The van der Waals surface area contributed by atoms with Gasteiger partial charge in [-0.15, -0.1) is 0 Å². The molecule has 0 aromatic carbocycles. The molecule has 1 N–H and O–H groups in total. The Bertz CT molecular complexity index is 409. The van der Waals surface area contributed by atoms with Crippen molar-refractivity contribution >= 4 is 23.5 Å². The van der Waals surface area contributed by atoms with Gasteiger partial charge < -0.3 is 5.32 Å². The molecular formula is C12H17N3O2S. The van der Waals surface area contributed by atoms with Crippen molar-refractivity contribution in [3.63, 3.8) is 0 Å². The van der Waals surface area contributed by atoms with Crippen LogP contribution in [-0.2, 0) is 9.59 Å². The van der Waals surface area contributed by atoms with Gasteiger partial charge in [-0.25, -0.2) is 4.98 Å². The van der Waals surface area contributed by atoms with Crippen LogP contribution in [0.25, 0.3) is 0 Å². The Labute approximate surface area is 111 Å². The van der Waals surface area contributed by atoms with Crippen molar-refractivity contribution in [1.29, 1.82) is 0 Å². The zero-order chi connectivity index (χ0) is 13.5. The maximum Gasteiger partial charge on any atom is 0.231 e. The molecule has 0 aliphatic rings. The van der Waals surface area contributed by atoms with Gasteiger partial charge in [-0.3, -0.25) is 14.6 Å². The van der Waals surface area contributed by atoms with Crippen LogP contribution in [0.3, 0.4) is 0 Å². The molecule has 0 aliphatic carbocycles. The molecule has 0 saturated carbocycles. The van der Waals surface area contributed by atoms with Gasteiger partial charge in [0.15, 0.2) is 5.78 Å². The number of nitrogens with zero attached hydrogens (tertiary/aromatic N) is 2. The smallest absolute Gasteiger partial charge is 0.231 e. The lowest BCUT2D eigenvalue weighted by Crippen LogP contribution is -2.44. The van der Waals surface area contributed by atoms with Gasteiger partial charge in [-0.1, -0.05) is 25.6 Å². The van der Waals surface area contributed by atoms with Crippen molar-refractivity contribution in [2.75, 3.05) is 5.75 Å². The maximum absolute atomic E-state index is 11.7. The number of hydrogen-bond donors (Lipinski definition) is 1. The van der Waals surface area contributed by atoms with Crippen molar-refractivity contribution in [3.05, 3.63) is 18.6 Å². The highest BCUT2D eigenvalue weighted by Gasteiger charge is 2.20. The standard InChI is InChI=1S/C12H17N3O2S/c1-8(2)12(9(3)16)15-10(17)7-18-11-6-13-4-5-14-11/h4-6,8,12H,7H2,1-3H3,(H,15,17). The summed E-state index contributed by atoms with van der Waals surface area (Å²) in [5, 5.41) is 3.42. The highest BCUT2D eigenvalue weighted by atomic mass is 32.2. The van der Waals surface area contributed by atoms with Gasteiger partial charge in [0.2, 0.25) is 5.91 Å². The molecule has 0 fully saturated rings. The molecule has 0 bridgehead atoms. The number of nitrogens with one attached hydrogen (secondary N) is 1. The van der Waals surface area contributed by atoms with E-state index in [9.17, 15) is 9.59 Å². The van der Waals surface area contributed by atoms with Gasteiger partial charge >= 0.3 is 0 Å². The van der Waals surface area contributed by atoms with E-state index >= 15 is 0 Å². The molecule has 5 nitrogen and oxygen atoms in total. The lowest BCUT2D eigenvalue weighted by molar-refractivity contribution is -0.126. The molecule has 0 aliphatic heterocycles. The minimum Gasteiger partial charge on any atom is -0.345 e. The first-order valence-corrected chi connectivity index (χ1v) is 6.68. The number of ketones is 1. The largest absolute Gasteiger partial charge is 0.345 e. The summed E-state index contributed by atoms with van der Waals surface area (Å²) in [6.45, 7) is 5.30. The van der Waals surface area contributed by atoms with Crippen LogP contribution in [-0.4, -0.2) is 33.5 Å². The summed E-state index contributed by atoms with van der Waals surface area (Å²) in [5.41, 5.74) is 0. The summed E-state index contributed by atoms with van der Waals surface area (Å²) >= 11 is 1.30. The van der Waals surface area contributed by atoms with E-state index in [4.69, 9.17) is 0 Å². The number of carbonyl (C=O) groups excluding carboxylic acids is 2. The summed E-state index contributed by atoms with van der Waals surface area (Å²) in [7, 11) is 0.